The molecule has 3 N–H and O–H groups in total. The molecule has 3 aliphatic carbocycles. The number of fused-ring (bicyclic) bond motifs is 1. The van der Waals surface area contributed by atoms with E-state index in [1.54, 1.807) is 5.57 Å². The van der Waals surface area contributed by atoms with Crippen LogP contribution >= 0.6 is 11.8 Å². The summed E-state index contributed by atoms with van der Waals surface area (Å²) in [6, 6.07) is 0. The van der Waals surface area contributed by atoms with Gasteiger partial charge in [-0.05, 0) is 106 Å². The molecule has 4 heteroatoms. The van der Waals surface area contributed by atoms with Crippen LogP contribution in [-0.2, 0) is 0 Å². The van der Waals surface area contributed by atoms with Crippen LogP contribution in [-0.4, -0.2) is 44.1 Å². The monoisotopic (exact) mass is 462 g/mol. The predicted octanol–water partition coefficient (Wildman–Crippen LogP) is 6.19. The topological polar surface area (TPSA) is 60.7 Å². The lowest BCUT2D eigenvalue weighted by atomic mass is 9.63. The van der Waals surface area contributed by atoms with Gasteiger partial charge in [0, 0.05) is 11.7 Å². The SMILES string of the molecule is C=C1C(=CC=C2CCC[C@]3(C)[C@@H]([C@H](C)SCCCCC(C)(C)O)CC[C@@H]23)C[C@@H](O)C[C@@H]1O. The van der Waals surface area contributed by atoms with E-state index in [0.717, 1.165) is 29.9 Å². The highest BCUT2D eigenvalue weighted by Gasteiger charge is 2.50. The van der Waals surface area contributed by atoms with Gasteiger partial charge in [-0.3, -0.25) is 0 Å². The first-order chi connectivity index (χ1) is 15.0. The van der Waals surface area contributed by atoms with Crippen molar-refractivity contribution in [1.29, 1.82) is 0 Å². The Morgan fingerprint density at radius 3 is 2.69 bits per heavy atom. The fourth-order valence-electron chi connectivity index (χ4n) is 6.56. The number of unbranched alkanes of at least 4 members (excludes halogenated alkanes) is 1. The normalized spacial score (nSPS) is 37.2. The minimum atomic E-state index is -0.614. The Labute approximate surface area is 200 Å². The van der Waals surface area contributed by atoms with Gasteiger partial charge in [0.05, 0.1) is 17.8 Å². The van der Waals surface area contributed by atoms with Crippen molar-refractivity contribution in [3.8, 4) is 0 Å². The van der Waals surface area contributed by atoms with Gasteiger partial charge < -0.3 is 15.3 Å². The van der Waals surface area contributed by atoms with Crippen molar-refractivity contribution >= 4 is 11.8 Å². The number of aliphatic hydroxyl groups is 3. The van der Waals surface area contributed by atoms with E-state index >= 15 is 0 Å². The van der Waals surface area contributed by atoms with Gasteiger partial charge in [-0.2, -0.15) is 11.8 Å². The first-order valence-corrected chi connectivity index (χ1v) is 13.8. The molecule has 0 heterocycles. The average molecular weight is 463 g/mol. The number of thioether (sulfide) groups is 1. The zero-order valence-corrected chi connectivity index (χ0v) is 21.6. The standard InChI is InChI=1S/C28H46O3S/c1-19-22(17-23(29)18-26(19)30)11-10-21-9-8-15-28(5)24(12-13-25(21)28)20(2)32-16-7-6-14-27(3,4)31/h10-11,20,23-26,29-31H,1,6-9,12-18H2,2-5H3/t20-,23+,24+,25-,26-,28+/m0/s1. The summed E-state index contributed by atoms with van der Waals surface area (Å²) in [5.41, 5.74) is 3.21. The highest BCUT2D eigenvalue weighted by atomic mass is 32.2. The quantitative estimate of drug-likeness (QED) is 0.376. The molecule has 3 rings (SSSR count). The van der Waals surface area contributed by atoms with E-state index in [4.69, 9.17) is 0 Å². The second kappa shape index (κ2) is 10.8. The smallest absolute Gasteiger partial charge is 0.0811 e. The number of aliphatic hydroxyl groups excluding tert-OH is 2. The second-order valence-electron chi connectivity index (χ2n) is 11.5. The van der Waals surface area contributed by atoms with E-state index in [1.165, 1.54) is 44.3 Å². The van der Waals surface area contributed by atoms with Gasteiger partial charge >= 0.3 is 0 Å². The molecule has 0 saturated heterocycles. The zero-order chi connectivity index (χ0) is 23.5. The summed E-state index contributed by atoms with van der Waals surface area (Å²) >= 11 is 2.14. The van der Waals surface area contributed by atoms with E-state index in [-0.39, 0.29) is 0 Å². The minimum absolute atomic E-state index is 0.380. The van der Waals surface area contributed by atoms with E-state index < -0.39 is 17.8 Å². The molecule has 3 aliphatic rings. The van der Waals surface area contributed by atoms with Gasteiger partial charge in [0.25, 0.3) is 0 Å². The van der Waals surface area contributed by atoms with Crippen LogP contribution in [0.15, 0.2) is 35.5 Å². The van der Waals surface area contributed by atoms with Gasteiger partial charge in [0.1, 0.15) is 0 Å². The Morgan fingerprint density at radius 2 is 1.97 bits per heavy atom. The fourth-order valence-corrected chi connectivity index (χ4v) is 7.98. The van der Waals surface area contributed by atoms with Crippen LogP contribution in [0.4, 0.5) is 0 Å². The summed E-state index contributed by atoms with van der Waals surface area (Å²) in [5, 5.41) is 30.8. The van der Waals surface area contributed by atoms with Crippen LogP contribution < -0.4 is 0 Å². The maximum absolute atomic E-state index is 10.2. The molecule has 3 nitrogen and oxygen atoms in total. The lowest BCUT2D eigenvalue weighted by Gasteiger charge is -2.44. The van der Waals surface area contributed by atoms with E-state index in [9.17, 15) is 15.3 Å². The molecule has 6 atom stereocenters. The lowest BCUT2D eigenvalue weighted by Crippen LogP contribution is -2.37. The third kappa shape index (κ3) is 6.31. The molecule has 0 aliphatic heterocycles. The Bertz CT molecular complexity index is 719. The molecule has 32 heavy (non-hydrogen) atoms. The molecular formula is C28H46O3S. The number of hydrogen-bond acceptors (Lipinski definition) is 4. The van der Waals surface area contributed by atoms with Crippen molar-refractivity contribution in [2.24, 2.45) is 17.3 Å². The molecule has 0 radical (unpaired) electrons. The van der Waals surface area contributed by atoms with E-state index in [1.807, 2.05) is 13.8 Å². The van der Waals surface area contributed by atoms with Crippen molar-refractivity contribution in [3.63, 3.8) is 0 Å². The van der Waals surface area contributed by atoms with Crippen molar-refractivity contribution in [3.05, 3.63) is 35.5 Å². The number of allylic oxidation sites excluding steroid dienone is 3. The Morgan fingerprint density at radius 1 is 1.22 bits per heavy atom. The first-order valence-electron chi connectivity index (χ1n) is 12.8. The van der Waals surface area contributed by atoms with Gasteiger partial charge in [-0.1, -0.05) is 38.2 Å². The Hall–Kier alpha value is -0.550. The van der Waals surface area contributed by atoms with Gasteiger partial charge in [-0.25, -0.2) is 0 Å². The summed E-state index contributed by atoms with van der Waals surface area (Å²) in [5.74, 6) is 2.61. The average Bonchev–Trinajstić information content (AvgIpc) is 3.06. The maximum Gasteiger partial charge on any atom is 0.0811 e. The molecule has 0 bridgehead atoms. The van der Waals surface area contributed by atoms with Crippen molar-refractivity contribution < 1.29 is 15.3 Å². The van der Waals surface area contributed by atoms with Gasteiger partial charge in [0.15, 0.2) is 0 Å². The molecular weight excluding hydrogens is 416 g/mol. The Balaban J connectivity index is 1.61. The molecule has 0 unspecified atom stereocenters. The van der Waals surface area contributed by atoms with Gasteiger partial charge in [0.2, 0.25) is 0 Å². The summed E-state index contributed by atoms with van der Waals surface area (Å²) in [7, 11) is 0. The van der Waals surface area contributed by atoms with Crippen LogP contribution in [0.1, 0.15) is 91.9 Å². The summed E-state index contributed by atoms with van der Waals surface area (Å²) in [4.78, 5) is 0. The zero-order valence-electron chi connectivity index (χ0n) is 20.8. The molecule has 3 fully saturated rings. The fraction of sp³-hybridized carbons (Fsp3) is 0.786. The van der Waals surface area contributed by atoms with Gasteiger partial charge in [-0.15, -0.1) is 0 Å². The van der Waals surface area contributed by atoms with Crippen molar-refractivity contribution in [2.75, 3.05) is 5.75 Å². The van der Waals surface area contributed by atoms with Crippen LogP contribution in [0.5, 0.6) is 0 Å². The summed E-state index contributed by atoms with van der Waals surface area (Å²) in [6.07, 6.45) is 13.9. The predicted molar refractivity (Wildman–Crippen MR) is 137 cm³/mol. The van der Waals surface area contributed by atoms with Crippen molar-refractivity contribution in [2.45, 2.75) is 115 Å². The molecule has 0 spiro atoms. The third-order valence-corrected chi connectivity index (χ3v) is 9.81. The Kier molecular flexibility index (Phi) is 8.80. The number of hydrogen-bond donors (Lipinski definition) is 3. The third-order valence-electron chi connectivity index (χ3n) is 8.43. The highest BCUT2D eigenvalue weighted by Crippen LogP contribution is 2.59. The maximum atomic E-state index is 10.2. The molecule has 0 aromatic rings. The highest BCUT2D eigenvalue weighted by molar-refractivity contribution is 7.99. The first kappa shape index (κ1) is 26.1. The van der Waals surface area contributed by atoms with E-state index in [0.29, 0.717) is 29.4 Å². The molecule has 0 aromatic heterocycles. The van der Waals surface area contributed by atoms with Crippen LogP contribution in [0.25, 0.3) is 0 Å². The lowest BCUT2D eigenvalue weighted by molar-refractivity contribution is 0.0687. The van der Waals surface area contributed by atoms with E-state index in [2.05, 4.69) is 44.3 Å². The summed E-state index contributed by atoms with van der Waals surface area (Å²) in [6.45, 7) is 12.9. The van der Waals surface area contributed by atoms with Crippen LogP contribution in [0, 0.1) is 17.3 Å². The summed E-state index contributed by atoms with van der Waals surface area (Å²) < 4.78 is 0. The molecule has 0 amide bonds. The van der Waals surface area contributed by atoms with Crippen LogP contribution in [0.3, 0.4) is 0 Å². The second-order valence-corrected chi connectivity index (χ2v) is 13.0. The molecule has 3 saturated carbocycles. The number of rotatable bonds is 8. The van der Waals surface area contributed by atoms with Crippen LogP contribution in [0.2, 0.25) is 0 Å². The largest absolute Gasteiger partial charge is 0.393 e. The molecule has 0 aromatic carbocycles. The molecule has 182 valence electrons. The minimum Gasteiger partial charge on any atom is -0.393 e. The van der Waals surface area contributed by atoms with Crippen molar-refractivity contribution in [1.82, 2.24) is 0 Å².